The minimum absolute atomic E-state index is 0. The molecule has 0 saturated heterocycles. The van der Waals surface area contributed by atoms with E-state index in [2.05, 4.69) is 36.5 Å². The fraction of sp³-hybridized carbons (Fsp3) is 0.500. The molecule has 0 aromatic carbocycles. The van der Waals surface area contributed by atoms with E-state index in [4.69, 9.17) is 0 Å². The predicted octanol–water partition coefficient (Wildman–Crippen LogP) is 5.08. The number of hydrogen-bond donors (Lipinski definition) is 0. The van der Waals surface area contributed by atoms with Crippen LogP contribution in [0.5, 0.6) is 0 Å². The third kappa shape index (κ3) is 2.54. The maximum atomic E-state index is 2.41. The van der Waals surface area contributed by atoms with Crippen molar-refractivity contribution < 1.29 is 24.4 Å². The van der Waals surface area contributed by atoms with Gasteiger partial charge in [-0.2, -0.15) is 0 Å². The molecular formula is C16H20ClHf. The van der Waals surface area contributed by atoms with Crippen LogP contribution in [0.2, 0.25) is 3.17 Å². The van der Waals surface area contributed by atoms with E-state index in [1.54, 1.807) is 11.1 Å². The molecule has 1 saturated carbocycles. The predicted molar refractivity (Wildman–Crippen MR) is 75.6 cm³/mol. The van der Waals surface area contributed by atoms with E-state index in [-0.39, 0.29) is 12.4 Å². The molecule has 3 rings (SSSR count). The molecule has 2 heteroatoms. The molecule has 0 heterocycles. The first kappa shape index (κ1) is 14.5. The Morgan fingerprint density at radius 2 is 1.83 bits per heavy atom. The van der Waals surface area contributed by atoms with Gasteiger partial charge in [-0.1, -0.05) is 0 Å². The van der Waals surface area contributed by atoms with Crippen molar-refractivity contribution in [2.75, 3.05) is 0 Å². The SMILES string of the molecule is Cl.[Hf][C]1(C2=CC=CC2)CCCCC1C1=CC=CC1. The van der Waals surface area contributed by atoms with Gasteiger partial charge in [0.15, 0.2) is 0 Å². The van der Waals surface area contributed by atoms with Gasteiger partial charge in [0, 0.05) is 0 Å². The standard InChI is InChI=1S/C16H19.ClH.Hf/c1-2-8-13(7-1)15-11-5-6-12-16(15)14-9-3-4-10-14;;/h1-4,7,9,15H,5-6,8,10-12H2;1H;. The van der Waals surface area contributed by atoms with Crippen LogP contribution in [0.15, 0.2) is 47.6 Å². The van der Waals surface area contributed by atoms with E-state index in [1.165, 1.54) is 62.9 Å². The summed E-state index contributed by atoms with van der Waals surface area (Å²) in [5.74, 6) is 0.851. The monoisotopic (exact) mass is 427 g/mol. The topological polar surface area (TPSA) is 0 Å². The summed E-state index contributed by atoms with van der Waals surface area (Å²) in [5.41, 5.74) is 3.45. The van der Waals surface area contributed by atoms with Crippen LogP contribution in [0.3, 0.4) is 0 Å². The number of hydrogen-bond acceptors (Lipinski definition) is 0. The van der Waals surface area contributed by atoms with E-state index in [9.17, 15) is 0 Å². The zero-order chi connectivity index (χ0) is 11.7. The number of halogens is 1. The van der Waals surface area contributed by atoms with Gasteiger partial charge in [-0.15, -0.1) is 12.4 Å². The molecule has 0 N–H and O–H groups in total. The van der Waals surface area contributed by atoms with E-state index in [0.717, 1.165) is 5.92 Å². The Kier molecular flexibility index (Phi) is 4.88. The molecule has 0 nitrogen and oxygen atoms in total. The van der Waals surface area contributed by atoms with E-state index in [1.807, 2.05) is 0 Å². The second kappa shape index (κ2) is 6.05. The van der Waals surface area contributed by atoms with Gasteiger partial charge >= 0.3 is 120 Å². The molecule has 0 radical (unpaired) electrons. The fourth-order valence-corrected chi connectivity index (χ4v) is 6.05. The molecule has 0 amide bonds. The molecule has 3 aliphatic rings. The van der Waals surface area contributed by atoms with Gasteiger partial charge in [-0.05, 0) is 0 Å². The summed E-state index contributed by atoms with van der Waals surface area (Å²) in [5, 5.41) is 0. The first-order valence-electron chi connectivity index (χ1n) is 6.77. The Bertz CT molecular complexity index is 430. The van der Waals surface area contributed by atoms with Crippen molar-refractivity contribution in [2.24, 2.45) is 5.92 Å². The summed E-state index contributed by atoms with van der Waals surface area (Å²) < 4.78 is 0.569. The van der Waals surface area contributed by atoms with E-state index >= 15 is 0 Å². The Labute approximate surface area is 131 Å². The van der Waals surface area contributed by atoms with Gasteiger partial charge < -0.3 is 0 Å². The number of rotatable bonds is 2. The Balaban J connectivity index is 0.00000120. The summed E-state index contributed by atoms with van der Waals surface area (Å²) >= 11 is 1.31. The Morgan fingerprint density at radius 1 is 1.06 bits per heavy atom. The molecule has 2 unspecified atom stereocenters. The fourth-order valence-electron chi connectivity index (χ4n) is 3.56. The van der Waals surface area contributed by atoms with Gasteiger partial charge in [0.05, 0.1) is 0 Å². The third-order valence-corrected chi connectivity index (χ3v) is 7.80. The average Bonchev–Trinajstić information content (AvgIpc) is 3.03. The minimum atomic E-state index is 0. The van der Waals surface area contributed by atoms with E-state index < -0.39 is 0 Å². The normalized spacial score (nSPS) is 34.1. The summed E-state index contributed by atoms with van der Waals surface area (Å²) in [4.78, 5) is 0. The van der Waals surface area contributed by atoms with Crippen LogP contribution in [-0.2, 0) is 24.4 Å². The first-order valence-corrected chi connectivity index (χ1v) is 8.57. The zero-order valence-electron chi connectivity index (χ0n) is 10.7. The molecule has 0 bridgehead atoms. The van der Waals surface area contributed by atoms with Crippen LogP contribution < -0.4 is 0 Å². The Hall–Kier alpha value is 0.120. The second-order valence-corrected chi connectivity index (χ2v) is 8.67. The van der Waals surface area contributed by atoms with Gasteiger partial charge in [-0.25, -0.2) is 0 Å². The van der Waals surface area contributed by atoms with Gasteiger partial charge in [-0.3, -0.25) is 0 Å². The first-order chi connectivity index (χ1) is 8.31. The van der Waals surface area contributed by atoms with Gasteiger partial charge in [0.25, 0.3) is 0 Å². The molecular weight excluding hydrogens is 406 g/mol. The molecule has 95 valence electrons. The molecule has 0 aromatic rings. The van der Waals surface area contributed by atoms with Crippen molar-refractivity contribution in [1.82, 2.24) is 0 Å². The van der Waals surface area contributed by atoms with Crippen LogP contribution in [0.1, 0.15) is 38.5 Å². The summed E-state index contributed by atoms with van der Waals surface area (Å²) in [6.07, 6.45) is 22.2. The summed E-state index contributed by atoms with van der Waals surface area (Å²) in [6, 6.07) is 0. The van der Waals surface area contributed by atoms with Crippen LogP contribution in [0.4, 0.5) is 0 Å². The van der Waals surface area contributed by atoms with Gasteiger partial charge in [0.2, 0.25) is 0 Å². The number of allylic oxidation sites excluding steroid dienone is 8. The molecule has 1 fully saturated rings. The van der Waals surface area contributed by atoms with E-state index in [0.29, 0.717) is 3.17 Å². The molecule has 0 spiro atoms. The average molecular weight is 426 g/mol. The van der Waals surface area contributed by atoms with Gasteiger partial charge in [0.1, 0.15) is 0 Å². The summed E-state index contributed by atoms with van der Waals surface area (Å²) in [7, 11) is 0. The van der Waals surface area contributed by atoms with Crippen LogP contribution in [-0.4, -0.2) is 0 Å². The molecule has 0 aromatic heterocycles. The second-order valence-electron chi connectivity index (χ2n) is 5.47. The van der Waals surface area contributed by atoms with Crippen molar-refractivity contribution >= 4 is 12.4 Å². The van der Waals surface area contributed by atoms with Crippen molar-refractivity contribution in [3.63, 3.8) is 0 Å². The zero-order valence-corrected chi connectivity index (χ0v) is 15.1. The van der Waals surface area contributed by atoms with Crippen molar-refractivity contribution in [3.05, 3.63) is 47.6 Å². The molecule has 0 aliphatic heterocycles. The summed E-state index contributed by atoms with van der Waals surface area (Å²) in [6.45, 7) is 0. The molecule has 2 atom stereocenters. The van der Waals surface area contributed by atoms with Crippen molar-refractivity contribution in [3.8, 4) is 0 Å². The Morgan fingerprint density at radius 3 is 2.50 bits per heavy atom. The van der Waals surface area contributed by atoms with Crippen LogP contribution in [0, 0.1) is 5.92 Å². The van der Waals surface area contributed by atoms with Crippen molar-refractivity contribution in [1.29, 1.82) is 0 Å². The quantitative estimate of drug-likeness (QED) is 0.541. The van der Waals surface area contributed by atoms with Crippen LogP contribution in [0.25, 0.3) is 0 Å². The van der Waals surface area contributed by atoms with Crippen LogP contribution >= 0.6 is 12.4 Å². The molecule has 3 aliphatic carbocycles. The molecule has 18 heavy (non-hydrogen) atoms. The maximum absolute atomic E-state index is 2.41. The third-order valence-electron chi connectivity index (χ3n) is 4.50. The van der Waals surface area contributed by atoms with Crippen molar-refractivity contribution in [2.45, 2.75) is 41.7 Å².